The molecule has 0 atom stereocenters. The van der Waals surface area contributed by atoms with Crippen molar-refractivity contribution in [1.29, 1.82) is 0 Å². The van der Waals surface area contributed by atoms with E-state index in [9.17, 15) is 9.59 Å². The van der Waals surface area contributed by atoms with E-state index in [2.05, 4.69) is 10.3 Å². The van der Waals surface area contributed by atoms with Crippen LogP contribution in [0.1, 0.15) is 0 Å². The second-order valence-corrected chi connectivity index (χ2v) is 6.41. The Kier molecular flexibility index (Phi) is 5.43. The highest BCUT2D eigenvalue weighted by Crippen LogP contribution is 2.21. The van der Waals surface area contributed by atoms with Gasteiger partial charge in [0.25, 0.3) is 5.91 Å². The van der Waals surface area contributed by atoms with Crippen molar-refractivity contribution in [3.05, 3.63) is 83.2 Å². The molecule has 0 unspecified atom stereocenters. The normalized spacial score (nSPS) is 10.6. The molecule has 1 amide bonds. The zero-order valence-electron chi connectivity index (χ0n) is 16.1. The number of carbonyl (C=O) groups excluding carboxylic acids is 1. The highest BCUT2D eigenvalue weighted by Gasteiger charge is 2.09. The van der Waals surface area contributed by atoms with Crippen LogP contribution in [0.3, 0.4) is 0 Å². The molecule has 4 aromatic rings. The number of carbonyl (C=O) groups is 1. The smallest absolute Gasteiger partial charge is 0.347 e. The van der Waals surface area contributed by atoms with Crippen LogP contribution in [0.15, 0.2) is 82.0 Å². The van der Waals surface area contributed by atoms with Gasteiger partial charge in [0.1, 0.15) is 11.5 Å². The number of nitrogens with one attached hydrogen (secondary N) is 1. The van der Waals surface area contributed by atoms with Crippen molar-refractivity contribution in [2.75, 3.05) is 19.0 Å². The molecule has 0 bridgehead atoms. The lowest BCUT2D eigenvalue weighted by Crippen LogP contribution is -2.20. The van der Waals surface area contributed by atoms with Crippen LogP contribution in [0, 0.1) is 0 Å². The molecule has 30 heavy (non-hydrogen) atoms. The van der Waals surface area contributed by atoms with E-state index >= 15 is 0 Å². The molecular formula is C23H18N2O5. The molecule has 0 fully saturated rings. The number of anilines is 1. The fourth-order valence-electron chi connectivity index (χ4n) is 2.86. The fraction of sp³-hybridized carbons (Fsp3) is 0.0870. The van der Waals surface area contributed by atoms with E-state index in [4.69, 9.17) is 13.9 Å². The van der Waals surface area contributed by atoms with Crippen LogP contribution in [0.4, 0.5) is 5.69 Å². The maximum Gasteiger partial charge on any atom is 0.347 e. The summed E-state index contributed by atoms with van der Waals surface area (Å²) in [5.41, 5.74) is 1.34. The van der Waals surface area contributed by atoms with Gasteiger partial charge in [0.2, 0.25) is 5.89 Å². The Bertz CT molecular complexity index is 1230. The lowest BCUT2D eigenvalue weighted by Gasteiger charge is -2.08. The highest BCUT2D eigenvalue weighted by molar-refractivity contribution is 5.92. The highest BCUT2D eigenvalue weighted by atomic mass is 16.5. The molecule has 0 radical (unpaired) electrons. The molecule has 4 rings (SSSR count). The summed E-state index contributed by atoms with van der Waals surface area (Å²) in [6, 6.07) is 20.8. The first-order valence-corrected chi connectivity index (χ1v) is 9.19. The third kappa shape index (κ3) is 4.30. The van der Waals surface area contributed by atoms with Crippen LogP contribution in [0.2, 0.25) is 0 Å². The summed E-state index contributed by atoms with van der Waals surface area (Å²) in [5.74, 6) is 1.20. The minimum atomic E-state index is -0.441. The van der Waals surface area contributed by atoms with Crippen LogP contribution < -0.4 is 20.4 Å². The van der Waals surface area contributed by atoms with E-state index in [1.54, 1.807) is 73.8 Å². The largest absolute Gasteiger partial charge is 0.497 e. The van der Waals surface area contributed by atoms with E-state index in [1.807, 2.05) is 6.07 Å². The van der Waals surface area contributed by atoms with Crippen molar-refractivity contribution in [2.45, 2.75) is 0 Å². The number of aromatic nitrogens is 1. The third-order valence-corrected chi connectivity index (χ3v) is 4.38. The Balaban J connectivity index is 1.41. The predicted molar refractivity (Wildman–Crippen MR) is 113 cm³/mol. The molecule has 1 aromatic heterocycles. The second kappa shape index (κ2) is 8.48. The number of hydrogen-bond donors (Lipinski definition) is 1. The van der Waals surface area contributed by atoms with Gasteiger partial charge in [0.05, 0.1) is 18.0 Å². The van der Waals surface area contributed by atoms with Gasteiger partial charge in [-0.25, -0.2) is 9.78 Å². The molecule has 1 N–H and O–H groups in total. The van der Waals surface area contributed by atoms with Crippen molar-refractivity contribution in [3.63, 3.8) is 0 Å². The Hall–Kier alpha value is -4.13. The van der Waals surface area contributed by atoms with E-state index in [1.165, 1.54) is 0 Å². The first kappa shape index (κ1) is 19.2. The number of benzene rings is 3. The molecule has 7 nitrogen and oxygen atoms in total. The van der Waals surface area contributed by atoms with Crippen LogP contribution >= 0.6 is 0 Å². The predicted octanol–water partition coefficient (Wildman–Crippen LogP) is 3.88. The van der Waals surface area contributed by atoms with Gasteiger partial charge in [-0.1, -0.05) is 12.1 Å². The van der Waals surface area contributed by atoms with Gasteiger partial charge in [-0.05, 0) is 60.7 Å². The average Bonchev–Trinajstić information content (AvgIpc) is 2.78. The maximum atomic E-state index is 12.1. The SMILES string of the molecule is COc1ccc(OCC(=O)Nc2ccc(-c3nc4ccccc4c(=O)o3)cc2)cc1. The number of methoxy groups -OCH3 is 1. The Labute approximate surface area is 171 Å². The average molecular weight is 402 g/mol. The molecule has 0 aliphatic carbocycles. The molecule has 0 saturated heterocycles. The summed E-state index contributed by atoms with van der Waals surface area (Å²) >= 11 is 0. The van der Waals surface area contributed by atoms with E-state index in [0.29, 0.717) is 33.7 Å². The first-order valence-electron chi connectivity index (χ1n) is 9.19. The Morgan fingerprint density at radius 3 is 2.40 bits per heavy atom. The van der Waals surface area contributed by atoms with Crippen molar-refractivity contribution in [2.24, 2.45) is 0 Å². The summed E-state index contributed by atoms with van der Waals surface area (Å²) in [7, 11) is 1.58. The summed E-state index contributed by atoms with van der Waals surface area (Å²) in [4.78, 5) is 28.6. The topological polar surface area (TPSA) is 90.7 Å². The van der Waals surface area contributed by atoms with Gasteiger partial charge in [-0.15, -0.1) is 0 Å². The molecule has 0 spiro atoms. The minimum Gasteiger partial charge on any atom is -0.497 e. The lowest BCUT2D eigenvalue weighted by atomic mass is 10.2. The van der Waals surface area contributed by atoms with Crippen molar-refractivity contribution in [3.8, 4) is 23.0 Å². The Morgan fingerprint density at radius 1 is 0.967 bits per heavy atom. The minimum absolute atomic E-state index is 0.130. The molecule has 0 aliphatic heterocycles. The zero-order chi connectivity index (χ0) is 20.9. The van der Waals surface area contributed by atoms with E-state index in [0.717, 1.165) is 0 Å². The first-order chi connectivity index (χ1) is 14.6. The standard InChI is InChI=1S/C23H18N2O5/c1-28-17-10-12-18(13-11-17)29-14-21(26)24-16-8-6-15(7-9-16)22-25-20-5-3-2-4-19(20)23(27)30-22/h2-13H,14H2,1H3,(H,24,26). The third-order valence-electron chi connectivity index (χ3n) is 4.38. The number of fused-ring (bicyclic) bond motifs is 1. The number of nitrogens with zero attached hydrogens (tertiary/aromatic N) is 1. The quantitative estimate of drug-likeness (QED) is 0.526. The molecule has 1 heterocycles. The summed E-state index contributed by atoms with van der Waals surface area (Å²) in [5, 5.41) is 3.19. The van der Waals surface area contributed by atoms with Gasteiger partial charge >= 0.3 is 5.63 Å². The van der Waals surface area contributed by atoms with E-state index < -0.39 is 5.63 Å². The summed E-state index contributed by atoms with van der Waals surface area (Å²) in [6.07, 6.45) is 0. The molecule has 0 saturated carbocycles. The lowest BCUT2D eigenvalue weighted by molar-refractivity contribution is -0.118. The summed E-state index contributed by atoms with van der Waals surface area (Å²) < 4.78 is 15.9. The zero-order valence-corrected chi connectivity index (χ0v) is 16.1. The maximum absolute atomic E-state index is 12.1. The number of hydrogen-bond acceptors (Lipinski definition) is 6. The fourth-order valence-corrected chi connectivity index (χ4v) is 2.86. The van der Waals surface area contributed by atoms with Crippen molar-refractivity contribution in [1.82, 2.24) is 4.98 Å². The van der Waals surface area contributed by atoms with Crippen LogP contribution in [0.5, 0.6) is 11.5 Å². The number of amides is 1. The van der Waals surface area contributed by atoms with Gasteiger partial charge in [0, 0.05) is 11.3 Å². The number of rotatable bonds is 6. The molecule has 150 valence electrons. The van der Waals surface area contributed by atoms with Gasteiger partial charge in [-0.2, -0.15) is 0 Å². The molecular weight excluding hydrogens is 384 g/mol. The molecule has 3 aromatic carbocycles. The molecule has 7 heteroatoms. The van der Waals surface area contributed by atoms with Crippen molar-refractivity contribution >= 4 is 22.5 Å². The van der Waals surface area contributed by atoms with Crippen molar-refractivity contribution < 1.29 is 18.7 Å². The monoisotopic (exact) mass is 402 g/mol. The van der Waals surface area contributed by atoms with Crippen LogP contribution in [0.25, 0.3) is 22.4 Å². The summed E-state index contributed by atoms with van der Waals surface area (Å²) in [6.45, 7) is -0.130. The number of ether oxygens (including phenoxy) is 2. The second-order valence-electron chi connectivity index (χ2n) is 6.41. The molecule has 0 aliphatic rings. The number of para-hydroxylation sites is 1. The van der Waals surface area contributed by atoms with Crippen LogP contribution in [-0.4, -0.2) is 24.6 Å². The Morgan fingerprint density at radius 2 is 1.67 bits per heavy atom. The van der Waals surface area contributed by atoms with Gasteiger partial charge < -0.3 is 19.2 Å². The van der Waals surface area contributed by atoms with Gasteiger partial charge in [0.15, 0.2) is 6.61 Å². The van der Waals surface area contributed by atoms with Gasteiger partial charge in [-0.3, -0.25) is 4.79 Å². The van der Waals surface area contributed by atoms with Crippen LogP contribution in [-0.2, 0) is 4.79 Å². The van der Waals surface area contributed by atoms with E-state index in [-0.39, 0.29) is 18.4 Å².